The standard InChI is InChI=1S/C21H25N3O6S2/c1-3-4-5-10-15-31(26,27)30-20-16-11-6-7-12-17(16)32(28,29)24(2)19(20)21(25)23-18-13-8-9-14-22-18/h6-9,11-14H,3-5,10,15H2,1-2H3,(H,22,23,25). The molecule has 9 nitrogen and oxygen atoms in total. The molecule has 2 heterocycles. The van der Waals surface area contributed by atoms with E-state index < -0.39 is 31.7 Å². The number of anilines is 1. The predicted molar refractivity (Wildman–Crippen MR) is 120 cm³/mol. The number of rotatable bonds is 9. The van der Waals surface area contributed by atoms with Crippen molar-refractivity contribution in [2.45, 2.75) is 37.5 Å². The molecule has 2 aromatic rings. The minimum absolute atomic E-state index is 0.00824. The first-order chi connectivity index (χ1) is 15.2. The van der Waals surface area contributed by atoms with Gasteiger partial charge < -0.3 is 9.50 Å². The number of benzene rings is 1. The second-order valence-electron chi connectivity index (χ2n) is 7.22. The fourth-order valence-electron chi connectivity index (χ4n) is 3.23. The Morgan fingerprint density at radius 1 is 1.09 bits per heavy atom. The maximum Gasteiger partial charge on any atom is 0.309 e. The third-order valence-electron chi connectivity index (χ3n) is 4.88. The van der Waals surface area contributed by atoms with Gasteiger partial charge in [-0.1, -0.05) is 44.4 Å². The van der Waals surface area contributed by atoms with Crippen molar-refractivity contribution in [1.82, 2.24) is 9.29 Å². The zero-order valence-electron chi connectivity index (χ0n) is 17.8. The molecule has 1 aromatic heterocycles. The molecule has 1 aliphatic rings. The van der Waals surface area contributed by atoms with Gasteiger partial charge in [-0.2, -0.15) is 8.42 Å². The molecule has 11 heteroatoms. The van der Waals surface area contributed by atoms with Crippen LogP contribution in [0, 0.1) is 0 Å². The Balaban J connectivity index is 2.07. The van der Waals surface area contributed by atoms with Gasteiger partial charge in [0.1, 0.15) is 5.82 Å². The number of fused-ring (bicyclic) bond motifs is 1. The summed E-state index contributed by atoms with van der Waals surface area (Å²) in [5, 5.41) is 2.50. The van der Waals surface area contributed by atoms with Crippen LogP contribution in [0.5, 0.6) is 0 Å². The van der Waals surface area contributed by atoms with E-state index in [-0.39, 0.29) is 27.8 Å². The van der Waals surface area contributed by atoms with Crippen molar-refractivity contribution < 1.29 is 25.8 Å². The molecule has 0 aliphatic carbocycles. The van der Waals surface area contributed by atoms with E-state index in [1.807, 2.05) is 6.92 Å². The van der Waals surface area contributed by atoms with Gasteiger partial charge in [0, 0.05) is 18.8 Å². The Morgan fingerprint density at radius 3 is 2.50 bits per heavy atom. The van der Waals surface area contributed by atoms with E-state index in [0.29, 0.717) is 6.42 Å². The molecule has 172 valence electrons. The summed E-state index contributed by atoms with van der Waals surface area (Å²) >= 11 is 0. The minimum Gasteiger partial charge on any atom is -0.379 e. The van der Waals surface area contributed by atoms with Gasteiger partial charge in [0.2, 0.25) is 0 Å². The predicted octanol–water partition coefficient (Wildman–Crippen LogP) is 2.95. The number of carbonyl (C=O) groups is 1. The van der Waals surface area contributed by atoms with Crippen molar-refractivity contribution in [2.75, 3.05) is 18.1 Å². The van der Waals surface area contributed by atoms with Crippen LogP contribution < -0.4 is 5.32 Å². The molecule has 0 saturated heterocycles. The smallest absolute Gasteiger partial charge is 0.309 e. The molecule has 0 fully saturated rings. The average Bonchev–Trinajstić information content (AvgIpc) is 2.76. The van der Waals surface area contributed by atoms with Crippen LogP contribution in [0.3, 0.4) is 0 Å². The topological polar surface area (TPSA) is 123 Å². The van der Waals surface area contributed by atoms with Gasteiger partial charge in [-0.05, 0) is 30.7 Å². The van der Waals surface area contributed by atoms with Crippen LogP contribution in [-0.4, -0.2) is 44.8 Å². The highest BCUT2D eigenvalue weighted by molar-refractivity contribution is 7.89. The summed E-state index contributed by atoms with van der Waals surface area (Å²) < 4.78 is 57.5. The van der Waals surface area contributed by atoms with E-state index in [2.05, 4.69) is 10.3 Å². The van der Waals surface area contributed by atoms with Gasteiger partial charge in [0.05, 0.1) is 10.6 Å². The van der Waals surface area contributed by atoms with Crippen LogP contribution in [0.25, 0.3) is 5.76 Å². The van der Waals surface area contributed by atoms with Gasteiger partial charge in [-0.15, -0.1) is 0 Å². The normalized spacial score (nSPS) is 15.2. The fraction of sp³-hybridized carbons (Fsp3) is 0.333. The number of nitrogens with zero attached hydrogens (tertiary/aromatic N) is 2. The summed E-state index contributed by atoms with van der Waals surface area (Å²) in [7, 11) is -7.00. The van der Waals surface area contributed by atoms with E-state index in [1.165, 1.54) is 37.5 Å². The summed E-state index contributed by atoms with van der Waals surface area (Å²) in [6.07, 6.45) is 4.41. The van der Waals surface area contributed by atoms with Crippen molar-refractivity contribution in [2.24, 2.45) is 0 Å². The first-order valence-corrected chi connectivity index (χ1v) is 13.2. The number of pyridine rings is 1. The number of likely N-dealkylation sites (N-methyl/N-ethyl adjacent to an activating group) is 1. The minimum atomic E-state index is -4.10. The zero-order valence-corrected chi connectivity index (χ0v) is 19.4. The molecule has 0 saturated carbocycles. The van der Waals surface area contributed by atoms with Crippen LogP contribution in [0.15, 0.2) is 59.3 Å². The second-order valence-corrected chi connectivity index (χ2v) is 10.8. The molecule has 1 aromatic carbocycles. The number of carbonyl (C=O) groups excluding carboxylic acids is 1. The molecule has 1 N–H and O–H groups in total. The van der Waals surface area contributed by atoms with Gasteiger partial charge in [-0.3, -0.25) is 9.10 Å². The quantitative estimate of drug-likeness (QED) is 0.433. The highest BCUT2D eigenvalue weighted by Crippen LogP contribution is 2.37. The molecule has 1 amide bonds. The van der Waals surface area contributed by atoms with Crippen LogP contribution in [-0.2, 0) is 29.1 Å². The van der Waals surface area contributed by atoms with Crippen LogP contribution in [0.4, 0.5) is 5.82 Å². The lowest BCUT2D eigenvalue weighted by Crippen LogP contribution is -2.38. The molecule has 0 atom stereocenters. The maximum atomic E-state index is 13.1. The van der Waals surface area contributed by atoms with E-state index in [0.717, 1.165) is 23.6 Å². The number of hydrogen-bond donors (Lipinski definition) is 1. The molecule has 0 spiro atoms. The zero-order chi connectivity index (χ0) is 23.4. The molecular weight excluding hydrogens is 454 g/mol. The Morgan fingerprint density at radius 2 is 1.81 bits per heavy atom. The van der Waals surface area contributed by atoms with Gasteiger partial charge in [0.25, 0.3) is 15.9 Å². The van der Waals surface area contributed by atoms with Crippen molar-refractivity contribution in [3.8, 4) is 0 Å². The lowest BCUT2D eigenvalue weighted by atomic mass is 10.1. The van der Waals surface area contributed by atoms with Gasteiger partial charge >= 0.3 is 10.1 Å². The van der Waals surface area contributed by atoms with Crippen LogP contribution >= 0.6 is 0 Å². The largest absolute Gasteiger partial charge is 0.379 e. The van der Waals surface area contributed by atoms with Crippen molar-refractivity contribution in [1.29, 1.82) is 0 Å². The third-order valence-corrected chi connectivity index (χ3v) is 7.90. The SMILES string of the molecule is CCCCCCS(=O)(=O)OC1=C(C(=O)Nc2ccccn2)N(C)S(=O)(=O)c2ccccc21. The van der Waals surface area contributed by atoms with Crippen molar-refractivity contribution >= 4 is 37.6 Å². The Hall–Kier alpha value is -2.92. The monoisotopic (exact) mass is 479 g/mol. The van der Waals surface area contributed by atoms with Gasteiger partial charge in [-0.25, -0.2) is 13.4 Å². The van der Waals surface area contributed by atoms with Crippen molar-refractivity contribution in [3.05, 3.63) is 59.9 Å². The summed E-state index contributed by atoms with van der Waals surface area (Å²) in [4.78, 5) is 16.9. The lowest BCUT2D eigenvalue weighted by molar-refractivity contribution is -0.113. The lowest BCUT2D eigenvalue weighted by Gasteiger charge is -2.30. The molecular formula is C21H25N3O6S2. The number of nitrogens with one attached hydrogen (secondary N) is 1. The van der Waals surface area contributed by atoms with E-state index in [1.54, 1.807) is 18.2 Å². The summed E-state index contributed by atoms with van der Waals surface area (Å²) in [5.74, 6) is -1.26. The van der Waals surface area contributed by atoms with Crippen molar-refractivity contribution in [3.63, 3.8) is 0 Å². The number of unbranched alkanes of at least 4 members (excludes halogenated alkanes) is 3. The second kappa shape index (κ2) is 9.70. The third kappa shape index (κ3) is 5.10. The Kier molecular flexibility index (Phi) is 7.19. The molecule has 0 bridgehead atoms. The number of aromatic nitrogens is 1. The highest BCUT2D eigenvalue weighted by atomic mass is 32.2. The number of sulfonamides is 1. The maximum absolute atomic E-state index is 13.1. The molecule has 32 heavy (non-hydrogen) atoms. The molecule has 0 radical (unpaired) electrons. The highest BCUT2D eigenvalue weighted by Gasteiger charge is 2.40. The van der Waals surface area contributed by atoms with E-state index in [9.17, 15) is 21.6 Å². The molecule has 3 rings (SSSR count). The summed E-state index contributed by atoms with van der Waals surface area (Å²) in [6.45, 7) is 2.01. The average molecular weight is 480 g/mol. The van der Waals surface area contributed by atoms with Gasteiger partial charge in [0.15, 0.2) is 11.5 Å². The first kappa shape index (κ1) is 23.7. The van der Waals surface area contributed by atoms with Crippen LogP contribution in [0.2, 0.25) is 0 Å². The first-order valence-electron chi connectivity index (χ1n) is 10.1. The number of amides is 1. The Labute approximate surface area is 188 Å². The molecule has 1 aliphatic heterocycles. The summed E-state index contributed by atoms with van der Waals surface area (Å²) in [6, 6.07) is 10.6. The fourth-order valence-corrected chi connectivity index (χ4v) is 5.69. The molecule has 0 unspecified atom stereocenters. The summed E-state index contributed by atoms with van der Waals surface area (Å²) in [5.41, 5.74) is -0.430. The Bertz CT molecular complexity index is 1230. The van der Waals surface area contributed by atoms with Crippen LogP contribution in [0.1, 0.15) is 38.2 Å². The van der Waals surface area contributed by atoms with E-state index >= 15 is 0 Å². The van der Waals surface area contributed by atoms with E-state index in [4.69, 9.17) is 4.18 Å². The number of hydrogen-bond acceptors (Lipinski definition) is 7.